The normalized spacial score (nSPS) is 20.4. The number of carboxylic acids is 1. The molecule has 0 bridgehead atoms. The zero-order valence-corrected chi connectivity index (χ0v) is 17.6. The summed E-state index contributed by atoms with van der Waals surface area (Å²) >= 11 is 11.9. The molecule has 1 fully saturated rings. The smallest absolute Gasteiger partial charge is 0.374 e. The van der Waals surface area contributed by atoms with Crippen molar-refractivity contribution in [1.82, 2.24) is 5.32 Å². The molecule has 1 unspecified atom stereocenters. The Balaban J connectivity index is 2.00. The standard InChI is InChI=1S/C21H27Cl2NO4/c1-2-3-4-13-5-8-15(9-6-13)20(26)24-18(19(25)21(27)28)12-14-7-10-16(22)17(23)11-14/h7,10-11,13,15,18H,2-6,8-9,12H2,1H3,(H,24,26)(H,27,28). The van der Waals surface area contributed by atoms with E-state index in [4.69, 9.17) is 28.3 Å². The lowest BCUT2D eigenvalue weighted by atomic mass is 9.79. The van der Waals surface area contributed by atoms with Crippen LogP contribution in [0.5, 0.6) is 0 Å². The van der Waals surface area contributed by atoms with Crippen molar-refractivity contribution in [2.24, 2.45) is 11.8 Å². The van der Waals surface area contributed by atoms with Gasteiger partial charge in [0.2, 0.25) is 5.91 Å². The first-order valence-corrected chi connectivity index (χ1v) is 10.6. The van der Waals surface area contributed by atoms with E-state index in [9.17, 15) is 14.4 Å². The highest BCUT2D eigenvalue weighted by Gasteiger charge is 2.31. The number of carboxylic acid groups (broad SMARTS) is 1. The first-order chi connectivity index (χ1) is 13.3. The number of rotatable bonds is 9. The Hall–Kier alpha value is -1.59. The van der Waals surface area contributed by atoms with E-state index in [0.29, 0.717) is 21.5 Å². The first-order valence-electron chi connectivity index (χ1n) is 9.83. The number of amides is 1. The van der Waals surface area contributed by atoms with Gasteiger partial charge in [-0.05, 0) is 49.3 Å². The fraction of sp³-hybridized carbons (Fsp3) is 0.571. The summed E-state index contributed by atoms with van der Waals surface area (Å²) in [5.41, 5.74) is 0.637. The highest BCUT2D eigenvalue weighted by Crippen LogP contribution is 2.32. The van der Waals surface area contributed by atoms with E-state index in [1.165, 1.54) is 19.3 Å². The molecular weight excluding hydrogens is 401 g/mol. The summed E-state index contributed by atoms with van der Waals surface area (Å²) in [6, 6.07) is 3.71. The van der Waals surface area contributed by atoms with Crippen molar-refractivity contribution < 1.29 is 19.5 Å². The maximum Gasteiger partial charge on any atom is 0.374 e. The number of nitrogens with one attached hydrogen (secondary N) is 1. The van der Waals surface area contributed by atoms with Crippen LogP contribution in [-0.2, 0) is 20.8 Å². The Morgan fingerprint density at radius 1 is 1.14 bits per heavy atom. The van der Waals surface area contributed by atoms with Crippen LogP contribution in [-0.4, -0.2) is 28.8 Å². The van der Waals surface area contributed by atoms with Crippen LogP contribution in [0.1, 0.15) is 57.4 Å². The minimum atomic E-state index is -1.56. The summed E-state index contributed by atoms with van der Waals surface area (Å²) in [6.45, 7) is 2.17. The number of carbonyl (C=O) groups excluding carboxylic acids is 2. The molecule has 0 aliphatic heterocycles. The second kappa shape index (κ2) is 10.8. The first kappa shape index (κ1) is 22.7. The third-order valence-electron chi connectivity index (χ3n) is 5.45. The molecule has 5 nitrogen and oxygen atoms in total. The van der Waals surface area contributed by atoms with E-state index in [1.54, 1.807) is 18.2 Å². The summed E-state index contributed by atoms with van der Waals surface area (Å²) in [7, 11) is 0. The quantitative estimate of drug-likeness (QED) is 0.560. The molecule has 0 radical (unpaired) electrons. The molecule has 28 heavy (non-hydrogen) atoms. The van der Waals surface area contributed by atoms with Crippen LogP contribution in [0.3, 0.4) is 0 Å². The lowest BCUT2D eigenvalue weighted by molar-refractivity contribution is -0.150. The van der Waals surface area contributed by atoms with Gasteiger partial charge in [-0.25, -0.2) is 4.79 Å². The Morgan fingerprint density at radius 2 is 1.82 bits per heavy atom. The van der Waals surface area contributed by atoms with Crippen LogP contribution in [0.2, 0.25) is 10.0 Å². The lowest BCUT2D eigenvalue weighted by Gasteiger charge is -2.29. The van der Waals surface area contributed by atoms with Gasteiger partial charge in [0, 0.05) is 12.3 Å². The molecule has 0 spiro atoms. The highest BCUT2D eigenvalue weighted by molar-refractivity contribution is 6.42. The fourth-order valence-electron chi connectivity index (χ4n) is 3.76. The van der Waals surface area contributed by atoms with Gasteiger partial charge >= 0.3 is 5.97 Å². The predicted octanol–water partition coefficient (Wildman–Crippen LogP) is 4.67. The summed E-state index contributed by atoms with van der Waals surface area (Å²) in [5.74, 6) is -2.34. The van der Waals surface area contributed by atoms with Crippen LogP contribution in [0.15, 0.2) is 18.2 Å². The van der Waals surface area contributed by atoms with E-state index in [0.717, 1.165) is 25.7 Å². The number of ketones is 1. The zero-order valence-electron chi connectivity index (χ0n) is 16.0. The van der Waals surface area contributed by atoms with Gasteiger partial charge < -0.3 is 10.4 Å². The molecule has 154 valence electrons. The van der Waals surface area contributed by atoms with Gasteiger partial charge in [0.15, 0.2) is 0 Å². The number of aliphatic carboxylic acids is 1. The summed E-state index contributed by atoms with van der Waals surface area (Å²) in [4.78, 5) is 36.0. The number of Topliss-reactive ketones (excluding diaryl/α,β-unsaturated/α-hetero) is 1. The molecule has 2 N–H and O–H groups in total. The molecule has 1 amide bonds. The van der Waals surface area contributed by atoms with Gasteiger partial charge in [-0.3, -0.25) is 9.59 Å². The third-order valence-corrected chi connectivity index (χ3v) is 6.19. The van der Waals surface area contributed by atoms with Crippen LogP contribution >= 0.6 is 23.2 Å². The number of halogens is 2. The molecule has 0 heterocycles. The van der Waals surface area contributed by atoms with Gasteiger partial charge in [0.25, 0.3) is 5.78 Å². The molecule has 0 aromatic heterocycles. The Labute approximate surface area is 175 Å². The molecule has 1 aliphatic carbocycles. The maximum atomic E-state index is 12.7. The number of unbranched alkanes of at least 4 members (excludes halogenated alkanes) is 1. The SMILES string of the molecule is CCCCC1CCC(C(=O)NC(Cc2ccc(Cl)c(Cl)c2)C(=O)C(=O)O)CC1. The van der Waals surface area contributed by atoms with Gasteiger partial charge in [0.05, 0.1) is 10.0 Å². The molecular formula is C21H27Cl2NO4. The van der Waals surface area contributed by atoms with E-state index < -0.39 is 17.8 Å². The zero-order chi connectivity index (χ0) is 20.7. The number of carbonyl (C=O) groups is 3. The van der Waals surface area contributed by atoms with Gasteiger partial charge in [-0.1, -0.05) is 55.5 Å². The van der Waals surface area contributed by atoms with E-state index in [1.807, 2.05) is 0 Å². The van der Waals surface area contributed by atoms with Gasteiger partial charge in [-0.2, -0.15) is 0 Å². The van der Waals surface area contributed by atoms with Crippen molar-refractivity contribution in [2.75, 3.05) is 0 Å². The van der Waals surface area contributed by atoms with Crippen LogP contribution in [0.4, 0.5) is 0 Å². The number of hydrogen-bond donors (Lipinski definition) is 2. The molecule has 0 saturated heterocycles. The topological polar surface area (TPSA) is 83.5 Å². The Morgan fingerprint density at radius 3 is 2.39 bits per heavy atom. The van der Waals surface area contributed by atoms with Gasteiger partial charge in [0.1, 0.15) is 6.04 Å². The molecule has 1 aromatic rings. The molecule has 1 aliphatic rings. The fourth-order valence-corrected chi connectivity index (χ4v) is 4.08. The van der Waals surface area contributed by atoms with Crippen LogP contribution in [0.25, 0.3) is 0 Å². The average Bonchev–Trinajstić information content (AvgIpc) is 2.68. The van der Waals surface area contributed by atoms with E-state index in [2.05, 4.69) is 12.2 Å². The molecule has 2 rings (SSSR count). The second-order valence-corrected chi connectivity index (χ2v) is 8.36. The minimum Gasteiger partial charge on any atom is -0.475 e. The largest absolute Gasteiger partial charge is 0.475 e. The van der Waals surface area contributed by atoms with Gasteiger partial charge in [-0.15, -0.1) is 0 Å². The lowest BCUT2D eigenvalue weighted by Crippen LogP contribution is -2.47. The number of hydrogen-bond acceptors (Lipinski definition) is 3. The highest BCUT2D eigenvalue weighted by atomic mass is 35.5. The Bertz CT molecular complexity index is 714. The van der Waals surface area contributed by atoms with Crippen molar-refractivity contribution in [3.63, 3.8) is 0 Å². The third kappa shape index (κ3) is 6.49. The maximum absolute atomic E-state index is 12.7. The summed E-state index contributed by atoms with van der Waals surface area (Å²) in [5, 5.41) is 12.5. The van der Waals surface area contributed by atoms with E-state index >= 15 is 0 Å². The van der Waals surface area contributed by atoms with Crippen molar-refractivity contribution in [3.05, 3.63) is 33.8 Å². The van der Waals surface area contributed by atoms with Crippen LogP contribution < -0.4 is 5.32 Å². The summed E-state index contributed by atoms with van der Waals surface area (Å²) < 4.78 is 0. The molecule has 1 aromatic carbocycles. The van der Waals surface area contributed by atoms with Crippen LogP contribution in [0, 0.1) is 11.8 Å². The second-order valence-electron chi connectivity index (χ2n) is 7.54. The molecule has 7 heteroatoms. The van der Waals surface area contributed by atoms with Crippen molar-refractivity contribution in [2.45, 2.75) is 64.3 Å². The average molecular weight is 428 g/mol. The summed E-state index contributed by atoms with van der Waals surface area (Å²) in [6.07, 6.45) is 7.20. The van der Waals surface area contributed by atoms with E-state index in [-0.39, 0.29) is 18.2 Å². The molecule has 1 saturated carbocycles. The predicted molar refractivity (Wildman–Crippen MR) is 110 cm³/mol. The van der Waals surface area contributed by atoms with Crippen molar-refractivity contribution in [1.29, 1.82) is 0 Å². The minimum absolute atomic E-state index is 0.0552. The monoisotopic (exact) mass is 427 g/mol. The number of benzene rings is 1. The Kier molecular flexibility index (Phi) is 8.77. The van der Waals surface area contributed by atoms with Crippen molar-refractivity contribution >= 4 is 40.9 Å². The van der Waals surface area contributed by atoms with Crippen molar-refractivity contribution in [3.8, 4) is 0 Å². The molecule has 1 atom stereocenters.